The van der Waals surface area contributed by atoms with Crippen molar-refractivity contribution in [2.75, 3.05) is 5.32 Å². The fourth-order valence-corrected chi connectivity index (χ4v) is 4.34. The minimum atomic E-state index is -0.659. The highest BCUT2D eigenvalue weighted by Crippen LogP contribution is 2.43. The molecule has 2 aromatic carbocycles. The van der Waals surface area contributed by atoms with Crippen LogP contribution in [0.4, 0.5) is 11.4 Å². The normalized spacial score (nSPS) is 18.4. The van der Waals surface area contributed by atoms with Gasteiger partial charge in [-0.2, -0.15) is 0 Å². The summed E-state index contributed by atoms with van der Waals surface area (Å²) in [5.41, 5.74) is 4.48. The predicted octanol–water partition coefficient (Wildman–Crippen LogP) is 4.51. The molecule has 2 aromatic rings. The van der Waals surface area contributed by atoms with E-state index in [1.54, 1.807) is 19.1 Å². The van der Waals surface area contributed by atoms with Crippen LogP contribution in [-0.2, 0) is 9.59 Å². The Kier molecular flexibility index (Phi) is 5.42. The number of non-ortho nitro benzene ring substituents is 1. The first kappa shape index (κ1) is 20.5. The van der Waals surface area contributed by atoms with E-state index in [0.717, 1.165) is 17.7 Å². The van der Waals surface area contributed by atoms with Gasteiger partial charge >= 0.3 is 0 Å². The van der Waals surface area contributed by atoms with Gasteiger partial charge in [-0.25, -0.2) is 0 Å². The van der Waals surface area contributed by atoms with E-state index in [1.165, 1.54) is 12.1 Å². The number of carbonyl (C=O) groups is 2. The first-order valence-corrected chi connectivity index (χ1v) is 10.2. The van der Waals surface area contributed by atoms with E-state index < -0.39 is 10.8 Å². The lowest BCUT2D eigenvalue weighted by Crippen LogP contribution is -2.35. The van der Waals surface area contributed by atoms with Crippen molar-refractivity contribution in [2.24, 2.45) is 0 Å². The lowest BCUT2D eigenvalue weighted by molar-refractivity contribution is -0.384. The standard InChI is InChI=1S/C24H23N3O4/c1-14-7-3-4-10-18(14)26-24(29)21-15(2)25-19-11-6-12-20(28)23(19)22(21)16-8-5-9-17(13-16)27(30)31/h3-5,7-10,13,22,25H,6,11-12H2,1-2H3,(H,26,29). The number of allylic oxidation sites excluding steroid dienone is 3. The van der Waals surface area contributed by atoms with Crippen LogP contribution in [-0.4, -0.2) is 16.6 Å². The minimum Gasteiger partial charge on any atom is -0.362 e. The summed E-state index contributed by atoms with van der Waals surface area (Å²) >= 11 is 0. The van der Waals surface area contributed by atoms with Gasteiger partial charge in [-0.05, 0) is 43.9 Å². The average Bonchev–Trinajstić information content (AvgIpc) is 2.74. The number of carbonyl (C=O) groups excluding carboxylic acids is 2. The Labute approximate surface area is 180 Å². The number of Topliss-reactive ketones (excluding diaryl/α,β-unsaturated/α-hetero) is 1. The van der Waals surface area contributed by atoms with Gasteiger partial charge in [0.05, 0.1) is 4.92 Å². The highest BCUT2D eigenvalue weighted by atomic mass is 16.6. The summed E-state index contributed by atoms with van der Waals surface area (Å²) in [5.74, 6) is -1.02. The van der Waals surface area contributed by atoms with Crippen molar-refractivity contribution in [3.8, 4) is 0 Å². The number of amides is 1. The van der Waals surface area contributed by atoms with E-state index in [0.29, 0.717) is 40.9 Å². The van der Waals surface area contributed by atoms with E-state index in [-0.39, 0.29) is 17.4 Å². The number of hydrogen-bond acceptors (Lipinski definition) is 5. The molecule has 0 saturated carbocycles. The van der Waals surface area contributed by atoms with Crippen LogP contribution in [0.1, 0.15) is 43.2 Å². The maximum absolute atomic E-state index is 13.4. The van der Waals surface area contributed by atoms with Crippen molar-refractivity contribution in [2.45, 2.75) is 39.0 Å². The number of rotatable bonds is 4. The number of nitrogens with one attached hydrogen (secondary N) is 2. The first-order valence-electron chi connectivity index (χ1n) is 10.2. The Morgan fingerprint density at radius 2 is 1.90 bits per heavy atom. The zero-order chi connectivity index (χ0) is 22.1. The number of nitro benzene ring substituents is 1. The molecule has 1 aliphatic heterocycles. The molecule has 158 valence electrons. The van der Waals surface area contributed by atoms with Gasteiger partial charge in [0.2, 0.25) is 0 Å². The van der Waals surface area contributed by atoms with Crippen LogP contribution >= 0.6 is 0 Å². The van der Waals surface area contributed by atoms with Crippen molar-refractivity contribution in [3.63, 3.8) is 0 Å². The molecule has 1 atom stereocenters. The van der Waals surface area contributed by atoms with Gasteiger partial charge in [0.1, 0.15) is 0 Å². The smallest absolute Gasteiger partial charge is 0.269 e. The summed E-state index contributed by atoms with van der Waals surface area (Å²) in [6.45, 7) is 3.71. The molecule has 31 heavy (non-hydrogen) atoms. The molecular formula is C24H23N3O4. The summed E-state index contributed by atoms with van der Waals surface area (Å²) in [7, 11) is 0. The Morgan fingerprint density at radius 1 is 1.13 bits per heavy atom. The number of nitro groups is 1. The molecule has 7 heteroatoms. The number of ketones is 1. The molecule has 2 N–H and O–H groups in total. The number of hydrogen-bond donors (Lipinski definition) is 2. The second-order valence-electron chi connectivity index (χ2n) is 7.89. The monoisotopic (exact) mass is 417 g/mol. The van der Waals surface area contributed by atoms with Crippen LogP contribution < -0.4 is 10.6 Å². The van der Waals surface area contributed by atoms with Crippen LogP contribution in [0.5, 0.6) is 0 Å². The largest absolute Gasteiger partial charge is 0.362 e. The van der Waals surface area contributed by atoms with Gasteiger partial charge in [0, 0.05) is 52.7 Å². The molecule has 1 heterocycles. The Hall–Kier alpha value is -3.74. The van der Waals surface area contributed by atoms with Gasteiger partial charge in [-0.1, -0.05) is 30.3 Å². The number of anilines is 1. The molecule has 7 nitrogen and oxygen atoms in total. The molecule has 4 rings (SSSR count). The Balaban J connectivity index is 1.83. The second-order valence-corrected chi connectivity index (χ2v) is 7.89. The molecule has 0 bridgehead atoms. The molecule has 2 aliphatic rings. The summed E-state index contributed by atoms with van der Waals surface area (Å²) in [6, 6.07) is 13.6. The molecule has 0 spiro atoms. The van der Waals surface area contributed by atoms with Gasteiger partial charge in [0.15, 0.2) is 5.78 Å². The summed E-state index contributed by atoms with van der Waals surface area (Å²) in [4.78, 5) is 37.3. The van der Waals surface area contributed by atoms with Crippen molar-refractivity contribution < 1.29 is 14.5 Å². The number of aryl methyl sites for hydroxylation is 1. The van der Waals surface area contributed by atoms with E-state index in [9.17, 15) is 19.7 Å². The number of dihydropyridines is 1. The average molecular weight is 417 g/mol. The first-order chi connectivity index (χ1) is 14.9. The highest BCUT2D eigenvalue weighted by Gasteiger charge is 2.38. The van der Waals surface area contributed by atoms with Crippen molar-refractivity contribution in [3.05, 3.63) is 92.3 Å². The third kappa shape index (κ3) is 3.86. The fourth-order valence-electron chi connectivity index (χ4n) is 4.34. The quantitative estimate of drug-likeness (QED) is 0.563. The third-order valence-corrected chi connectivity index (χ3v) is 5.83. The fraction of sp³-hybridized carbons (Fsp3) is 0.250. The van der Waals surface area contributed by atoms with Crippen LogP contribution in [0.15, 0.2) is 71.1 Å². The predicted molar refractivity (Wildman–Crippen MR) is 117 cm³/mol. The minimum absolute atomic E-state index is 0.0288. The van der Waals surface area contributed by atoms with Crippen LogP contribution in [0.2, 0.25) is 0 Å². The van der Waals surface area contributed by atoms with Crippen molar-refractivity contribution in [1.29, 1.82) is 0 Å². The van der Waals surface area contributed by atoms with Crippen molar-refractivity contribution in [1.82, 2.24) is 5.32 Å². The molecule has 0 aromatic heterocycles. The van der Waals surface area contributed by atoms with E-state index in [2.05, 4.69) is 10.6 Å². The maximum atomic E-state index is 13.4. The number of nitrogens with zero attached hydrogens (tertiary/aromatic N) is 1. The zero-order valence-corrected chi connectivity index (χ0v) is 17.4. The number of para-hydroxylation sites is 1. The Bertz CT molecular complexity index is 1160. The van der Waals surface area contributed by atoms with Crippen LogP contribution in [0.3, 0.4) is 0 Å². The lowest BCUT2D eigenvalue weighted by atomic mass is 9.75. The summed E-state index contributed by atoms with van der Waals surface area (Å²) < 4.78 is 0. The van der Waals surface area contributed by atoms with Gasteiger partial charge in [0.25, 0.3) is 11.6 Å². The van der Waals surface area contributed by atoms with Crippen LogP contribution in [0, 0.1) is 17.0 Å². The molecule has 1 aliphatic carbocycles. The zero-order valence-electron chi connectivity index (χ0n) is 17.4. The third-order valence-electron chi connectivity index (χ3n) is 5.83. The molecule has 0 saturated heterocycles. The lowest BCUT2D eigenvalue weighted by Gasteiger charge is -2.34. The van der Waals surface area contributed by atoms with E-state index >= 15 is 0 Å². The molecular weight excluding hydrogens is 394 g/mol. The second kappa shape index (κ2) is 8.18. The molecule has 0 radical (unpaired) electrons. The maximum Gasteiger partial charge on any atom is 0.269 e. The SMILES string of the molecule is CC1=C(C(=O)Nc2ccccc2C)C(c2cccc([N+](=O)[O-])c2)C2=C(CCCC2=O)N1. The summed E-state index contributed by atoms with van der Waals surface area (Å²) in [5, 5.41) is 17.6. The van der Waals surface area contributed by atoms with Gasteiger partial charge in [-0.15, -0.1) is 0 Å². The van der Waals surface area contributed by atoms with Crippen molar-refractivity contribution >= 4 is 23.1 Å². The Morgan fingerprint density at radius 3 is 2.65 bits per heavy atom. The molecule has 0 fully saturated rings. The van der Waals surface area contributed by atoms with Gasteiger partial charge in [-0.3, -0.25) is 19.7 Å². The van der Waals surface area contributed by atoms with E-state index in [1.807, 2.05) is 31.2 Å². The van der Waals surface area contributed by atoms with E-state index in [4.69, 9.17) is 0 Å². The van der Waals surface area contributed by atoms with Crippen LogP contribution in [0.25, 0.3) is 0 Å². The highest BCUT2D eigenvalue weighted by molar-refractivity contribution is 6.10. The summed E-state index contributed by atoms with van der Waals surface area (Å²) in [6.07, 6.45) is 1.85. The molecule has 1 amide bonds. The molecule has 1 unspecified atom stereocenters. The number of benzene rings is 2. The van der Waals surface area contributed by atoms with Gasteiger partial charge < -0.3 is 10.6 Å². The topological polar surface area (TPSA) is 101 Å².